The number of rotatable bonds is 3. The molecule has 1 N–H and O–H groups in total. The summed E-state index contributed by atoms with van der Waals surface area (Å²) in [5.74, 6) is -0.738. The summed E-state index contributed by atoms with van der Waals surface area (Å²) in [6.45, 7) is 2.29. The maximum atomic E-state index is 11.4. The van der Waals surface area contributed by atoms with E-state index in [2.05, 4.69) is 10.2 Å². The lowest BCUT2D eigenvalue weighted by Crippen LogP contribution is -2.37. The molecule has 2 aromatic rings. The quantitative estimate of drug-likeness (QED) is 0.924. The summed E-state index contributed by atoms with van der Waals surface area (Å²) in [5, 5.41) is 18.3. The summed E-state index contributed by atoms with van der Waals surface area (Å²) in [7, 11) is 0. The fourth-order valence-electron chi connectivity index (χ4n) is 2.12. The zero-order chi connectivity index (χ0) is 14.8. The lowest BCUT2D eigenvalue weighted by atomic mass is 10.3. The van der Waals surface area contributed by atoms with E-state index in [1.165, 1.54) is 4.80 Å². The highest BCUT2D eigenvalue weighted by molar-refractivity contribution is 6.30. The van der Waals surface area contributed by atoms with Crippen molar-refractivity contribution in [1.82, 2.24) is 15.0 Å². The Hall–Kier alpha value is -2.12. The Bertz CT molecular complexity index is 650. The molecule has 0 unspecified atom stereocenters. The van der Waals surface area contributed by atoms with E-state index in [-0.39, 0.29) is 5.69 Å². The summed E-state index contributed by atoms with van der Waals surface area (Å²) < 4.78 is 5.27. The van der Waals surface area contributed by atoms with E-state index in [9.17, 15) is 9.90 Å². The summed E-state index contributed by atoms with van der Waals surface area (Å²) in [6.07, 6.45) is 0. The van der Waals surface area contributed by atoms with Gasteiger partial charge < -0.3 is 14.7 Å². The molecule has 0 spiro atoms. The van der Waals surface area contributed by atoms with Crippen LogP contribution in [-0.2, 0) is 4.74 Å². The highest BCUT2D eigenvalue weighted by Gasteiger charge is 2.24. The van der Waals surface area contributed by atoms with Crippen LogP contribution in [0.2, 0.25) is 5.02 Å². The van der Waals surface area contributed by atoms with E-state index in [1.807, 2.05) is 4.90 Å². The predicted octanol–water partition coefficient (Wildman–Crippen LogP) is 1.46. The Morgan fingerprint density at radius 1 is 1.19 bits per heavy atom. The SMILES string of the molecule is O=C(O)c1nn(-c2ccc(Cl)cc2)nc1N1CCOCC1. The molecule has 7 nitrogen and oxygen atoms in total. The van der Waals surface area contributed by atoms with Crippen LogP contribution in [0.25, 0.3) is 5.69 Å². The molecule has 110 valence electrons. The normalized spacial score (nSPS) is 15.2. The molecule has 1 aromatic carbocycles. The van der Waals surface area contributed by atoms with Crippen molar-refractivity contribution in [3.63, 3.8) is 0 Å². The first kappa shape index (κ1) is 13.8. The van der Waals surface area contributed by atoms with Gasteiger partial charge in [-0.3, -0.25) is 0 Å². The zero-order valence-electron chi connectivity index (χ0n) is 11.1. The van der Waals surface area contributed by atoms with Crippen molar-refractivity contribution >= 4 is 23.4 Å². The van der Waals surface area contributed by atoms with Gasteiger partial charge in [0, 0.05) is 18.1 Å². The number of hydrogen-bond donors (Lipinski definition) is 1. The average Bonchev–Trinajstić information content (AvgIpc) is 2.94. The Labute approximate surface area is 125 Å². The van der Waals surface area contributed by atoms with Gasteiger partial charge in [-0.15, -0.1) is 15.0 Å². The maximum Gasteiger partial charge on any atom is 0.360 e. The molecule has 1 saturated heterocycles. The number of carboxylic acid groups (broad SMARTS) is 1. The number of hydrogen-bond acceptors (Lipinski definition) is 5. The molecular weight excluding hydrogens is 296 g/mol. The van der Waals surface area contributed by atoms with Crippen molar-refractivity contribution in [2.75, 3.05) is 31.2 Å². The first-order chi connectivity index (χ1) is 10.1. The van der Waals surface area contributed by atoms with Crippen LogP contribution in [0, 0.1) is 0 Å². The van der Waals surface area contributed by atoms with Crippen LogP contribution in [-0.4, -0.2) is 52.4 Å². The van der Waals surface area contributed by atoms with Gasteiger partial charge in [-0.1, -0.05) is 11.6 Å². The number of morpholine rings is 1. The topological polar surface area (TPSA) is 80.5 Å². The minimum atomic E-state index is -1.10. The highest BCUT2D eigenvalue weighted by Crippen LogP contribution is 2.20. The molecule has 8 heteroatoms. The second-order valence-electron chi connectivity index (χ2n) is 4.54. The van der Waals surface area contributed by atoms with E-state index in [1.54, 1.807) is 24.3 Å². The van der Waals surface area contributed by atoms with Crippen LogP contribution in [0.3, 0.4) is 0 Å². The number of anilines is 1. The molecule has 0 amide bonds. The first-order valence-corrected chi connectivity index (χ1v) is 6.82. The van der Waals surface area contributed by atoms with Crippen molar-refractivity contribution in [2.24, 2.45) is 0 Å². The molecule has 21 heavy (non-hydrogen) atoms. The van der Waals surface area contributed by atoms with E-state index in [4.69, 9.17) is 16.3 Å². The standard InChI is InChI=1S/C13H13ClN4O3/c14-9-1-3-10(4-2-9)18-15-11(13(19)20)12(16-18)17-5-7-21-8-6-17/h1-4H,5-8H2,(H,19,20). The monoisotopic (exact) mass is 308 g/mol. The number of benzene rings is 1. The van der Waals surface area contributed by atoms with Gasteiger partial charge in [-0.25, -0.2) is 4.79 Å². The van der Waals surface area contributed by atoms with E-state index in [0.717, 1.165) is 0 Å². The van der Waals surface area contributed by atoms with Gasteiger partial charge in [0.2, 0.25) is 5.69 Å². The minimum Gasteiger partial charge on any atom is -0.476 e. The number of nitrogens with zero attached hydrogens (tertiary/aromatic N) is 4. The fourth-order valence-corrected chi connectivity index (χ4v) is 2.24. The van der Waals surface area contributed by atoms with Gasteiger partial charge in [0.05, 0.1) is 18.9 Å². The van der Waals surface area contributed by atoms with Gasteiger partial charge in [0.15, 0.2) is 5.82 Å². The molecule has 1 aliphatic heterocycles. The zero-order valence-corrected chi connectivity index (χ0v) is 11.8. The number of ether oxygens (including phenoxy) is 1. The smallest absolute Gasteiger partial charge is 0.360 e. The Kier molecular flexibility index (Phi) is 3.76. The third-order valence-corrected chi connectivity index (χ3v) is 3.42. The third-order valence-electron chi connectivity index (χ3n) is 3.17. The van der Waals surface area contributed by atoms with Crippen LogP contribution in [0.15, 0.2) is 24.3 Å². The van der Waals surface area contributed by atoms with Gasteiger partial charge in [-0.2, -0.15) is 0 Å². The van der Waals surface area contributed by atoms with Crippen molar-refractivity contribution in [2.45, 2.75) is 0 Å². The van der Waals surface area contributed by atoms with Crippen LogP contribution in [0.1, 0.15) is 10.5 Å². The lowest BCUT2D eigenvalue weighted by molar-refractivity contribution is 0.0689. The largest absolute Gasteiger partial charge is 0.476 e. The number of halogens is 1. The summed E-state index contributed by atoms with van der Waals surface area (Å²) in [4.78, 5) is 14.5. The highest BCUT2D eigenvalue weighted by atomic mass is 35.5. The van der Waals surface area contributed by atoms with E-state index >= 15 is 0 Å². The van der Waals surface area contributed by atoms with Crippen LogP contribution < -0.4 is 4.90 Å². The maximum absolute atomic E-state index is 11.4. The Morgan fingerprint density at radius 3 is 2.48 bits per heavy atom. The van der Waals surface area contributed by atoms with Gasteiger partial charge in [0.25, 0.3) is 0 Å². The van der Waals surface area contributed by atoms with Crippen LogP contribution in [0.5, 0.6) is 0 Å². The molecule has 0 saturated carbocycles. The van der Waals surface area contributed by atoms with Crippen LogP contribution >= 0.6 is 11.6 Å². The summed E-state index contributed by atoms with van der Waals surface area (Å²) >= 11 is 5.84. The molecule has 3 rings (SSSR count). The first-order valence-electron chi connectivity index (χ1n) is 6.44. The van der Waals surface area contributed by atoms with Gasteiger partial charge in [-0.05, 0) is 24.3 Å². The number of aromatic nitrogens is 3. The van der Waals surface area contributed by atoms with Crippen molar-refractivity contribution in [3.8, 4) is 5.69 Å². The molecule has 0 atom stereocenters. The molecule has 2 heterocycles. The molecule has 1 fully saturated rings. The van der Waals surface area contributed by atoms with Crippen molar-refractivity contribution < 1.29 is 14.6 Å². The average molecular weight is 309 g/mol. The fraction of sp³-hybridized carbons (Fsp3) is 0.308. The second kappa shape index (κ2) is 5.71. The van der Waals surface area contributed by atoms with Crippen LogP contribution in [0.4, 0.5) is 5.82 Å². The number of carboxylic acids is 1. The van der Waals surface area contributed by atoms with Gasteiger partial charge >= 0.3 is 5.97 Å². The predicted molar refractivity (Wildman–Crippen MR) is 76.4 cm³/mol. The molecule has 0 radical (unpaired) electrons. The minimum absolute atomic E-state index is 0.0631. The van der Waals surface area contributed by atoms with Gasteiger partial charge in [0.1, 0.15) is 0 Å². The van der Waals surface area contributed by atoms with E-state index < -0.39 is 5.97 Å². The number of aromatic carboxylic acids is 1. The molecule has 0 bridgehead atoms. The van der Waals surface area contributed by atoms with Crippen molar-refractivity contribution in [3.05, 3.63) is 35.0 Å². The second-order valence-corrected chi connectivity index (χ2v) is 4.98. The molecular formula is C13H13ClN4O3. The molecule has 0 aliphatic carbocycles. The molecule has 1 aliphatic rings. The summed E-state index contributed by atoms with van der Waals surface area (Å²) in [6, 6.07) is 6.87. The lowest BCUT2D eigenvalue weighted by Gasteiger charge is -2.26. The number of carbonyl (C=O) groups is 1. The van der Waals surface area contributed by atoms with Crippen molar-refractivity contribution in [1.29, 1.82) is 0 Å². The Morgan fingerprint density at radius 2 is 1.86 bits per heavy atom. The Balaban J connectivity index is 1.99. The van der Waals surface area contributed by atoms with E-state index in [0.29, 0.717) is 42.8 Å². The third kappa shape index (κ3) is 2.84. The summed E-state index contributed by atoms with van der Waals surface area (Å²) in [5.41, 5.74) is 0.591. The molecule has 1 aromatic heterocycles.